The van der Waals surface area contributed by atoms with Crippen LogP contribution in [0.15, 0.2) is 0 Å². The molecule has 10 heavy (non-hydrogen) atoms. The summed E-state index contributed by atoms with van der Waals surface area (Å²) in [5.41, 5.74) is 0. The Balaban J connectivity index is 2.31. The molecule has 2 nitrogen and oxygen atoms in total. The Morgan fingerprint density at radius 2 is 1.30 bits per heavy atom. The third-order valence-corrected chi connectivity index (χ3v) is 2.40. The molecule has 56 valence electrons. The molecule has 0 unspecified atom stereocenters. The monoisotopic (exact) mass is 180 g/mol. The molecule has 0 aromatic heterocycles. The van der Waals surface area contributed by atoms with Crippen molar-refractivity contribution in [1.82, 2.24) is 0 Å². The number of carbonyl (C=O) groups excluding carboxylic acids is 2. The number of hydrogen-bond acceptors (Lipinski definition) is 2. The van der Waals surface area contributed by atoms with Gasteiger partial charge in [-0.05, 0) is 36.0 Å². The van der Waals surface area contributed by atoms with Gasteiger partial charge >= 0.3 is 0 Å². The van der Waals surface area contributed by atoms with E-state index >= 15 is 0 Å². The molecule has 0 amide bonds. The first-order chi connectivity index (χ1) is 4.61. The summed E-state index contributed by atoms with van der Waals surface area (Å²) in [6.07, 6.45) is 1.06. The van der Waals surface area contributed by atoms with Gasteiger partial charge in [0.15, 0.2) is 0 Å². The van der Waals surface area contributed by atoms with Crippen LogP contribution in [0.25, 0.3) is 0 Å². The van der Waals surface area contributed by atoms with Crippen molar-refractivity contribution in [2.45, 2.75) is 12.8 Å². The zero-order valence-corrected chi connectivity index (χ0v) is 6.65. The number of carbonyl (C=O) groups is 2. The van der Waals surface area contributed by atoms with Crippen LogP contribution in [-0.2, 0) is 9.59 Å². The zero-order valence-electron chi connectivity index (χ0n) is 5.14. The van der Waals surface area contributed by atoms with Crippen LogP contribution in [-0.4, -0.2) is 10.5 Å². The quantitative estimate of drug-likeness (QED) is 0.605. The van der Waals surface area contributed by atoms with Crippen molar-refractivity contribution in [2.75, 3.05) is 0 Å². The Kier molecular flexibility index (Phi) is 2.32. The molecule has 0 aromatic carbocycles. The molecule has 0 N–H and O–H groups in total. The molecule has 0 saturated heterocycles. The van der Waals surface area contributed by atoms with Crippen molar-refractivity contribution in [2.24, 2.45) is 11.8 Å². The summed E-state index contributed by atoms with van der Waals surface area (Å²) in [5.74, 6) is -0.260. The highest BCUT2D eigenvalue weighted by Crippen LogP contribution is 2.36. The lowest BCUT2D eigenvalue weighted by atomic mass is 9.76. The smallest absolute Gasteiger partial charge is 0.224 e. The van der Waals surface area contributed by atoms with E-state index in [-0.39, 0.29) is 22.3 Å². The van der Waals surface area contributed by atoms with Crippen LogP contribution in [0, 0.1) is 11.8 Å². The van der Waals surface area contributed by atoms with Gasteiger partial charge in [-0.1, -0.05) is 0 Å². The largest absolute Gasteiger partial charge is 0.281 e. The van der Waals surface area contributed by atoms with Gasteiger partial charge in [-0.25, -0.2) is 0 Å². The Bertz CT molecular complexity index is 155. The predicted molar refractivity (Wildman–Crippen MR) is 37.9 cm³/mol. The standard InChI is InChI=1S/C6H6Cl2O2/c7-5(9)3-1-4(2-3)6(8)10/h3-4H,1-2H2. The summed E-state index contributed by atoms with van der Waals surface area (Å²) in [6, 6.07) is 0. The maximum absolute atomic E-state index is 10.4. The second-order valence-electron chi connectivity index (χ2n) is 2.47. The van der Waals surface area contributed by atoms with E-state index in [2.05, 4.69) is 0 Å². The van der Waals surface area contributed by atoms with E-state index in [0.717, 1.165) is 0 Å². The maximum Gasteiger partial charge on any atom is 0.224 e. The fourth-order valence-electron chi connectivity index (χ4n) is 0.988. The van der Waals surface area contributed by atoms with Crippen molar-refractivity contribution in [1.29, 1.82) is 0 Å². The number of hydrogen-bond donors (Lipinski definition) is 0. The highest BCUT2D eigenvalue weighted by atomic mass is 35.5. The predicted octanol–water partition coefficient (Wildman–Crippen LogP) is 1.54. The Hall–Kier alpha value is -0.0800. The van der Waals surface area contributed by atoms with Gasteiger partial charge in [0.2, 0.25) is 10.5 Å². The van der Waals surface area contributed by atoms with E-state index in [9.17, 15) is 9.59 Å². The van der Waals surface area contributed by atoms with Crippen LogP contribution >= 0.6 is 23.2 Å². The fourth-order valence-corrected chi connectivity index (χ4v) is 1.34. The molecule has 1 saturated carbocycles. The van der Waals surface area contributed by atoms with Crippen LogP contribution in [0.4, 0.5) is 0 Å². The first-order valence-corrected chi connectivity index (χ1v) is 3.75. The number of halogens is 2. The molecule has 4 heteroatoms. The van der Waals surface area contributed by atoms with Crippen LogP contribution in [0.5, 0.6) is 0 Å². The molecule has 0 radical (unpaired) electrons. The minimum atomic E-state index is -0.353. The van der Waals surface area contributed by atoms with E-state index in [4.69, 9.17) is 23.2 Å². The summed E-state index contributed by atoms with van der Waals surface area (Å²) in [5, 5.41) is -0.705. The minimum Gasteiger partial charge on any atom is -0.281 e. The average molecular weight is 181 g/mol. The van der Waals surface area contributed by atoms with Gasteiger partial charge in [0.05, 0.1) is 0 Å². The van der Waals surface area contributed by atoms with E-state index in [1.165, 1.54) is 0 Å². The fraction of sp³-hybridized carbons (Fsp3) is 0.667. The van der Waals surface area contributed by atoms with E-state index in [1.807, 2.05) is 0 Å². The average Bonchev–Trinajstić information content (AvgIpc) is 1.56. The van der Waals surface area contributed by atoms with Gasteiger partial charge in [0.1, 0.15) is 0 Å². The lowest BCUT2D eigenvalue weighted by Gasteiger charge is -2.29. The summed E-state index contributed by atoms with van der Waals surface area (Å²) in [4.78, 5) is 20.8. The molecule has 0 atom stereocenters. The molecular formula is C6H6Cl2O2. The molecule has 1 aliphatic carbocycles. The number of rotatable bonds is 2. The van der Waals surface area contributed by atoms with Crippen molar-refractivity contribution in [3.05, 3.63) is 0 Å². The lowest BCUT2D eigenvalue weighted by molar-refractivity contribution is -0.124. The first kappa shape index (κ1) is 8.02. The highest BCUT2D eigenvalue weighted by Gasteiger charge is 2.36. The first-order valence-electron chi connectivity index (χ1n) is 3.00. The zero-order chi connectivity index (χ0) is 7.72. The van der Waals surface area contributed by atoms with Crippen molar-refractivity contribution in [3.8, 4) is 0 Å². The summed E-state index contributed by atoms with van der Waals surface area (Å²) < 4.78 is 0. The Morgan fingerprint density at radius 1 is 1.00 bits per heavy atom. The molecule has 0 aromatic rings. The maximum atomic E-state index is 10.4. The van der Waals surface area contributed by atoms with Gasteiger partial charge in [-0.3, -0.25) is 9.59 Å². The van der Waals surface area contributed by atoms with E-state index in [0.29, 0.717) is 12.8 Å². The Morgan fingerprint density at radius 3 is 1.50 bits per heavy atom. The third kappa shape index (κ3) is 1.50. The summed E-state index contributed by atoms with van der Waals surface area (Å²) >= 11 is 10.3. The van der Waals surface area contributed by atoms with Crippen molar-refractivity contribution in [3.63, 3.8) is 0 Å². The van der Waals surface area contributed by atoms with Crippen LogP contribution in [0.1, 0.15) is 12.8 Å². The molecule has 0 bridgehead atoms. The molecule has 1 aliphatic rings. The van der Waals surface area contributed by atoms with Gasteiger partial charge in [0.25, 0.3) is 0 Å². The van der Waals surface area contributed by atoms with Crippen molar-refractivity contribution >= 4 is 33.7 Å². The van der Waals surface area contributed by atoms with Gasteiger partial charge in [0, 0.05) is 11.8 Å². The second-order valence-corrected chi connectivity index (χ2v) is 3.22. The van der Waals surface area contributed by atoms with Crippen LogP contribution < -0.4 is 0 Å². The summed E-state index contributed by atoms with van der Waals surface area (Å²) in [6.45, 7) is 0. The molecule has 1 rings (SSSR count). The molecule has 0 heterocycles. The van der Waals surface area contributed by atoms with Gasteiger partial charge < -0.3 is 0 Å². The van der Waals surface area contributed by atoms with E-state index in [1.54, 1.807) is 0 Å². The molecular weight excluding hydrogens is 175 g/mol. The normalized spacial score (nSPS) is 31.0. The Labute approximate surface area is 68.5 Å². The SMILES string of the molecule is O=C(Cl)C1CC(C(=O)Cl)C1. The van der Waals surface area contributed by atoms with Crippen LogP contribution in [0.2, 0.25) is 0 Å². The van der Waals surface area contributed by atoms with Gasteiger partial charge in [-0.2, -0.15) is 0 Å². The topological polar surface area (TPSA) is 34.1 Å². The summed E-state index contributed by atoms with van der Waals surface area (Å²) in [7, 11) is 0. The molecule has 0 aliphatic heterocycles. The van der Waals surface area contributed by atoms with Crippen LogP contribution in [0.3, 0.4) is 0 Å². The van der Waals surface area contributed by atoms with Crippen molar-refractivity contribution < 1.29 is 9.59 Å². The molecule has 0 spiro atoms. The van der Waals surface area contributed by atoms with Gasteiger partial charge in [-0.15, -0.1) is 0 Å². The molecule has 1 fully saturated rings. The minimum absolute atomic E-state index is 0.130. The highest BCUT2D eigenvalue weighted by molar-refractivity contribution is 6.65. The lowest BCUT2D eigenvalue weighted by Crippen LogP contribution is -2.31. The van der Waals surface area contributed by atoms with E-state index < -0.39 is 0 Å². The second kappa shape index (κ2) is 2.89. The third-order valence-electron chi connectivity index (χ3n) is 1.78.